The van der Waals surface area contributed by atoms with Gasteiger partial charge in [0.05, 0.1) is 12.7 Å². The van der Waals surface area contributed by atoms with Gasteiger partial charge in [0.15, 0.2) is 0 Å². The van der Waals surface area contributed by atoms with Crippen LogP contribution in [-0.2, 0) is 14.3 Å². The van der Waals surface area contributed by atoms with Gasteiger partial charge in [-0.25, -0.2) is 4.79 Å². The topological polar surface area (TPSA) is 35.5 Å². The van der Waals surface area contributed by atoms with Crippen LogP contribution in [0.25, 0.3) is 5.76 Å². The summed E-state index contributed by atoms with van der Waals surface area (Å²) in [6.07, 6.45) is 1.59. The lowest BCUT2D eigenvalue weighted by Crippen LogP contribution is -2.23. The van der Waals surface area contributed by atoms with Gasteiger partial charge in [0, 0.05) is 11.5 Å². The molecule has 0 fully saturated rings. The standard InChI is InChI=1S/C20H18O3/c1-14(20(21)22-2)19-17(15-9-5-3-6-10-15)13-18(23-19)16-11-7-4-8-12-16/h3-13,17,19H,1H2,2H3/t17-,19-/m1/s1. The number of rotatable bonds is 4. The van der Waals surface area contributed by atoms with E-state index in [0.29, 0.717) is 5.57 Å². The maximum atomic E-state index is 11.9. The fourth-order valence-electron chi connectivity index (χ4n) is 2.75. The minimum atomic E-state index is -0.458. The minimum absolute atomic E-state index is 0.0713. The van der Waals surface area contributed by atoms with E-state index in [0.717, 1.165) is 16.9 Å². The molecular weight excluding hydrogens is 288 g/mol. The van der Waals surface area contributed by atoms with Crippen molar-refractivity contribution < 1.29 is 14.3 Å². The Bertz CT molecular complexity index is 732. The van der Waals surface area contributed by atoms with Crippen molar-refractivity contribution >= 4 is 11.7 Å². The third-order valence-electron chi connectivity index (χ3n) is 3.94. The summed E-state index contributed by atoms with van der Waals surface area (Å²) in [6.45, 7) is 3.88. The van der Waals surface area contributed by atoms with Crippen molar-refractivity contribution in [3.8, 4) is 0 Å². The number of methoxy groups -OCH3 is 1. The van der Waals surface area contributed by atoms with Crippen molar-refractivity contribution in [1.29, 1.82) is 0 Å². The van der Waals surface area contributed by atoms with Gasteiger partial charge in [-0.15, -0.1) is 0 Å². The van der Waals surface area contributed by atoms with Gasteiger partial charge in [0.2, 0.25) is 0 Å². The fourth-order valence-corrected chi connectivity index (χ4v) is 2.75. The fraction of sp³-hybridized carbons (Fsp3) is 0.150. The molecule has 2 aromatic rings. The lowest BCUT2D eigenvalue weighted by Gasteiger charge is -2.20. The van der Waals surface area contributed by atoms with Crippen LogP contribution < -0.4 is 0 Å². The summed E-state index contributed by atoms with van der Waals surface area (Å²) in [6, 6.07) is 19.8. The van der Waals surface area contributed by atoms with Gasteiger partial charge in [0.25, 0.3) is 0 Å². The van der Waals surface area contributed by atoms with E-state index in [4.69, 9.17) is 9.47 Å². The van der Waals surface area contributed by atoms with E-state index in [9.17, 15) is 4.79 Å². The van der Waals surface area contributed by atoms with E-state index in [1.165, 1.54) is 7.11 Å². The Labute approximate surface area is 135 Å². The molecule has 116 valence electrons. The lowest BCUT2D eigenvalue weighted by molar-refractivity contribution is -0.137. The maximum Gasteiger partial charge on any atom is 0.336 e. The molecule has 2 atom stereocenters. The predicted octanol–water partition coefficient (Wildman–Crippen LogP) is 3.94. The average Bonchev–Trinajstić information content (AvgIpc) is 3.07. The smallest absolute Gasteiger partial charge is 0.336 e. The minimum Gasteiger partial charge on any atom is -0.484 e. The molecule has 0 radical (unpaired) electrons. The molecule has 3 nitrogen and oxygen atoms in total. The van der Waals surface area contributed by atoms with E-state index < -0.39 is 12.1 Å². The van der Waals surface area contributed by atoms with E-state index in [1.807, 2.05) is 66.7 Å². The van der Waals surface area contributed by atoms with Crippen molar-refractivity contribution in [2.75, 3.05) is 7.11 Å². The molecule has 0 N–H and O–H groups in total. The molecule has 3 heteroatoms. The number of benzene rings is 2. The number of hydrogen-bond acceptors (Lipinski definition) is 3. The first-order chi connectivity index (χ1) is 11.2. The summed E-state index contributed by atoms with van der Waals surface area (Å²) >= 11 is 0. The second-order valence-electron chi connectivity index (χ2n) is 5.39. The van der Waals surface area contributed by atoms with Gasteiger partial charge in [0.1, 0.15) is 11.9 Å². The normalized spacial score (nSPS) is 19.6. The molecule has 3 rings (SSSR count). The van der Waals surface area contributed by atoms with Gasteiger partial charge in [-0.3, -0.25) is 0 Å². The van der Waals surface area contributed by atoms with Gasteiger partial charge < -0.3 is 9.47 Å². The summed E-state index contributed by atoms with van der Waals surface area (Å²) in [7, 11) is 1.35. The van der Waals surface area contributed by atoms with Crippen molar-refractivity contribution in [2.45, 2.75) is 12.0 Å². The van der Waals surface area contributed by atoms with Crippen LogP contribution in [0.1, 0.15) is 17.0 Å². The zero-order chi connectivity index (χ0) is 16.2. The number of hydrogen-bond donors (Lipinski definition) is 0. The van der Waals surface area contributed by atoms with Crippen LogP contribution in [-0.4, -0.2) is 19.2 Å². The second-order valence-corrected chi connectivity index (χ2v) is 5.39. The molecule has 0 bridgehead atoms. The largest absolute Gasteiger partial charge is 0.484 e. The molecular formula is C20H18O3. The molecule has 0 saturated carbocycles. The van der Waals surface area contributed by atoms with Crippen molar-refractivity contribution in [2.24, 2.45) is 0 Å². The zero-order valence-corrected chi connectivity index (χ0v) is 12.9. The Hall–Kier alpha value is -2.81. The number of carbonyl (C=O) groups is 1. The van der Waals surface area contributed by atoms with Crippen LogP contribution in [0.15, 0.2) is 78.9 Å². The molecule has 0 amide bonds. The van der Waals surface area contributed by atoms with E-state index >= 15 is 0 Å². The first kappa shape index (κ1) is 15.1. The third-order valence-corrected chi connectivity index (χ3v) is 3.94. The van der Waals surface area contributed by atoms with Gasteiger partial charge >= 0.3 is 5.97 Å². The molecule has 0 unspecified atom stereocenters. The van der Waals surface area contributed by atoms with Gasteiger partial charge in [-0.05, 0) is 11.6 Å². The van der Waals surface area contributed by atoms with Crippen LogP contribution >= 0.6 is 0 Å². The summed E-state index contributed by atoms with van der Waals surface area (Å²) in [5.74, 6) is 0.242. The van der Waals surface area contributed by atoms with Gasteiger partial charge in [-0.1, -0.05) is 67.2 Å². The zero-order valence-electron chi connectivity index (χ0n) is 12.9. The summed E-state index contributed by atoms with van der Waals surface area (Å²) in [4.78, 5) is 11.9. The SMILES string of the molecule is C=C(C(=O)OC)[C@H]1OC(c2ccccc2)=C[C@@H]1c1ccccc1. The average molecular weight is 306 g/mol. The Morgan fingerprint density at radius 1 is 1.04 bits per heavy atom. The number of carbonyl (C=O) groups excluding carboxylic acids is 1. The number of ether oxygens (including phenoxy) is 2. The Kier molecular flexibility index (Phi) is 4.29. The quantitative estimate of drug-likeness (QED) is 0.634. The summed E-state index contributed by atoms with van der Waals surface area (Å²) in [5.41, 5.74) is 2.38. The molecule has 0 aromatic heterocycles. The molecule has 0 aliphatic carbocycles. The first-order valence-electron chi connectivity index (χ1n) is 7.46. The molecule has 23 heavy (non-hydrogen) atoms. The highest BCUT2D eigenvalue weighted by Crippen LogP contribution is 2.39. The Morgan fingerprint density at radius 2 is 1.65 bits per heavy atom. The lowest BCUT2D eigenvalue weighted by atomic mass is 9.90. The monoisotopic (exact) mass is 306 g/mol. The molecule has 1 aliphatic rings. The van der Waals surface area contributed by atoms with Crippen LogP contribution in [0.5, 0.6) is 0 Å². The van der Waals surface area contributed by atoms with Crippen molar-refractivity contribution in [3.63, 3.8) is 0 Å². The van der Waals surface area contributed by atoms with E-state index in [1.54, 1.807) is 0 Å². The molecule has 1 heterocycles. The molecule has 0 spiro atoms. The summed E-state index contributed by atoms with van der Waals surface area (Å²) < 4.78 is 10.9. The predicted molar refractivity (Wildman–Crippen MR) is 89.6 cm³/mol. The molecule has 1 aliphatic heterocycles. The molecule has 2 aromatic carbocycles. The first-order valence-corrected chi connectivity index (χ1v) is 7.46. The van der Waals surface area contributed by atoms with Crippen LogP contribution in [0.4, 0.5) is 0 Å². The van der Waals surface area contributed by atoms with Crippen LogP contribution in [0.3, 0.4) is 0 Å². The molecule has 0 saturated heterocycles. The van der Waals surface area contributed by atoms with Crippen LogP contribution in [0, 0.1) is 0 Å². The Balaban J connectivity index is 1.97. The van der Waals surface area contributed by atoms with E-state index in [2.05, 4.69) is 6.58 Å². The summed E-state index contributed by atoms with van der Waals surface area (Å²) in [5, 5.41) is 0. The van der Waals surface area contributed by atoms with Crippen molar-refractivity contribution in [1.82, 2.24) is 0 Å². The highest BCUT2D eigenvalue weighted by Gasteiger charge is 2.36. The van der Waals surface area contributed by atoms with Gasteiger partial charge in [-0.2, -0.15) is 0 Å². The highest BCUT2D eigenvalue weighted by atomic mass is 16.5. The van der Waals surface area contributed by atoms with Crippen LogP contribution in [0.2, 0.25) is 0 Å². The Morgan fingerprint density at radius 3 is 2.26 bits per heavy atom. The third kappa shape index (κ3) is 3.04. The van der Waals surface area contributed by atoms with Crippen molar-refractivity contribution in [3.05, 3.63) is 90.0 Å². The highest BCUT2D eigenvalue weighted by molar-refractivity contribution is 5.89. The maximum absolute atomic E-state index is 11.9. The van der Waals surface area contributed by atoms with E-state index in [-0.39, 0.29) is 5.92 Å². The second kappa shape index (κ2) is 6.53. The number of esters is 1.